The summed E-state index contributed by atoms with van der Waals surface area (Å²) in [5.74, 6) is -2.27. The maximum absolute atomic E-state index is 15.1. The second kappa shape index (κ2) is 10.3. The molecule has 2 aliphatic carbocycles. The van der Waals surface area contributed by atoms with Crippen molar-refractivity contribution in [2.24, 2.45) is 5.92 Å². The molecule has 4 aliphatic rings. The van der Waals surface area contributed by atoms with E-state index in [4.69, 9.17) is 9.26 Å². The SMILES string of the molecule is CC(C)N1CC[C@H](O[C@H]2CCCC(F)(F)[C@@H]2CC(=O)N2CCC(C)(c3noc(C4CCC4)n3)CC2)C1. The lowest BCUT2D eigenvalue weighted by molar-refractivity contribution is -0.174. The van der Waals surface area contributed by atoms with Crippen LogP contribution in [0.2, 0.25) is 0 Å². The zero-order valence-electron chi connectivity index (χ0n) is 22.1. The Morgan fingerprint density at radius 2 is 1.86 bits per heavy atom. The average Bonchev–Trinajstić information content (AvgIpc) is 3.46. The zero-order valence-corrected chi connectivity index (χ0v) is 22.1. The average molecular weight is 509 g/mol. The van der Waals surface area contributed by atoms with Gasteiger partial charge in [0.05, 0.1) is 18.1 Å². The summed E-state index contributed by atoms with van der Waals surface area (Å²) in [6.45, 7) is 9.18. The summed E-state index contributed by atoms with van der Waals surface area (Å²) in [6, 6.07) is 0.422. The summed E-state index contributed by atoms with van der Waals surface area (Å²) in [5, 5.41) is 4.26. The zero-order chi connectivity index (χ0) is 25.5. The number of likely N-dealkylation sites (tertiary alicyclic amines) is 2. The summed E-state index contributed by atoms with van der Waals surface area (Å²) in [5.41, 5.74) is -0.256. The van der Waals surface area contributed by atoms with Crippen molar-refractivity contribution in [1.29, 1.82) is 0 Å². The Morgan fingerprint density at radius 3 is 2.50 bits per heavy atom. The van der Waals surface area contributed by atoms with Crippen molar-refractivity contribution < 1.29 is 22.8 Å². The molecule has 0 unspecified atom stereocenters. The number of carbonyl (C=O) groups is 1. The predicted octanol–water partition coefficient (Wildman–Crippen LogP) is 4.91. The number of amides is 1. The van der Waals surface area contributed by atoms with E-state index in [2.05, 4.69) is 35.8 Å². The van der Waals surface area contributed by atoms with E-state index in [1.54, 1.807) is 4.90 Å². The van der Waals surface area contributed by atoms with E-state index in [0.717, 1.165) is 44.1 Å². The minimum Gasteiger partial charge on any atom is -0.373 e. The summed E-state index contributed by atoms with van der Waals surface area (Å²) >= 11 is 0. The van der Waals surface area contributed by atoms with Crippen molar-refractivity contribution in [3.8, 4) is 0 Å². The summed E-state index contributed by atoms with van der Waals surface area (Å²) in [6.07, 6.45) is 5.84. The number of aromatic nitrogens is 2. The number of ether oxygens (including phenoxy) is 1. The minimum atomic E-state index is -2.87. The fraction of sp³-hybridized carbons (Fsp3) is 0.889. The van der Waals surface area contributed by atoms with Crippen molar-refractivity contribution in [3.05, 3.63) is 11.7 Å². The van der Waals surface area contributed by atoms with E-state index >= 15 is 8.78 Å². The molecule has 2 aliphatic heterocycles. The molecule has 0 N–H and O–H groups in total. The number of nitrogens with zero attached hydrogens (tertiary/aromatic N) is 4. The van der Waals surface area contributed by atoms with E-state index in [1.165, 1.54) is 6.42 Å². The molecular formula is C27H42F2N4O3. The Morgan fingerprint density at radius 1 is 1.11 bits per heavy atom. The third-order valence-corrected chi connectivity index (χ3v) is 9.31. The number of alkyl halides is 2. The monoisotopic (exact) mass is 508 g/mol. The van der Waals surface area contributed by atoms with Crippen molar-refractivity contribution in [2.75, 3.05) is 26.2 Å². The third kappa shape index (κ3) is 5.33. The van der Waals surface area contributed by atoms with Gasteiger partial charge in [0.15, 0.2) is 5.82 Å². The Bertz CT molecular complexity index is 911. The first-order valence-electron chi connectivity index (χ1n) is 14.0. The van der Waals surface area contributed by atoms with Gasteiger partial charge < -0.3 is 14.2 Å². The number of carbonyl (C=O) groups excluding carboxylic acids is 1. The molecule has 1 amide bonds. The van der Waals surface area contributed by atoms with Crippen LogP contribution in [0.15, 0.2) is 4.52 Å². The molecule has 5 rings (SSSR count). The van der Waals surface area contributed by atoms with E-state index in [-0.39, 0.29) is 30.3 Å². The fourth-order valence-electron chi connectivity index (χ4n) is 6.31. The van der Waals surface area contributed by atoms with Crippen LogP contribution in [0.3, 0.4) is 0 Å². The summed E-state index contributed by atoms with van der Waals surface area (Å²) < 4.78 is 42.0. The third-order valence-electron chi connectivity index (χ3n) is 9.31. The quantitative estimate of drug-likeness (QED) is 0.521. The molecule has 1 aromatic heterocycles. The number of hydrogen-bond donors (Lipinski definition) is 0. The van der Waals surface area contributed by atoms with Gasteiger partial charge in [-0.15, -0.1) is 0 Å². The van der Waals surface area contributed by atoms with Crippen LogP contribution in [0.25, 0.3) is 0 Å². The van der Waals surface area contributed by atoms with Crippen LogP contribution in [0.1, 0.15) is 103 Å². The lowest BCUT2D eigenvalue weighted by Crippen LogP contribution is -2.49. The standard InChI is InChI=1S/C27H42F2N4O3/c1-18(2)33-13-9-20(17-33)35-22-8-5-10-27(28,29)21(22)16-23(34)32-14-11-26(3,12-15-32)25-30-24(36-31-25)19-6-4-7-19/h18-22H,4-17H2,1-3H3/t20-,21+,22-/m0/s1. The normalized spacial score (nSPS) is 31.1. The van der Waals surface area contributed by atoms with Gasteiger partial charge in [0.25, 0.3) is 5.92 Å². The molecule has 202 valence electrons. The lowest BCUT2D eigenvalue weighted by atomic mass is 9.78. The van der Waals surface area contributed by atoms with Gasteiger partial charge in [-0.05, 0) is 58.8 Å². The van der Waals surface area contributed by atoms with Crippen molar-refractivity contribution in [1.82, 2.24) is 19.9 Å². The summed E-state index contributed by atoms with van der Waals surface area (Å²) in [4.78, 5) is 22.0. The van der Waals surface area contributed by atoms with E-state index in [0.29, 0.717) is 50.7 Å². The molecule has 36 heavy (non-hydrogen) atoms. The van der Waals surface area contributed by atoms with Gasteiger partial charge in [0, 0.05) is 56.4 Å². The second-order valence-electron chi connectivity index (χ2n) is 12.2. The number of piperidine rings is 1. The number of rotatable bonds is 7. The Kier molecular flexibility index (Phi) is 7.42. The smallest absolute Gasteiger partial charge is 0.253 e. The highest BCUT2D eigenvalue weighted by Gasteiger charge is 2.50. The van der Waals surface area contributed by atoms with Gasteiger partial charge in [-0.2, -0.15) is 4.98 Å². The van der Waals surface area contributed by atoms with Crippen LogP contribution in [0.4, 0.5) is 8.78 Å². The van der Waals surface area contributed by atoms with E-state index in [1.807, 2.05) is 0 Å². The first-order valence-corrected chi connectivity index (χ1v) is 14.0. The highest BCUT2D eigenvalue weighted by atomic mass is 19.3. The molecule has 0 aromatic carbocycles. The van der Waals surface area contributed by atoms with Gasteiger partial charge in [0.2, 0.25) is 11.8 Å². The van der Waals surface area contributed by atoms with Gasteiger partial charge in [-0.1, -0.05) is 18.5 Å². The topological polar surface area (TPSA) is 71.7 Å². The Labute approximate surface area is 213 Å². The van der Waals surface area contributed by atoms with Gasteiger partial charge >= 0.3 is 0 Å². The van der Waals surface area contributed by atoms with E-state index < -0.39 is 17.9 Å². The first-order chi connectivity index (χ1) is 17.1. The molecule has 3 heterocycles. The van der Waals surface area contributed by atoms with Gasteiger partial charge in [-0.25, -0.2) is 8.78 Å². The molecule has 9 heteroatoms. The predicted molar refractivity (Wildman–Crippen MR) is 131 cm³/mol. The molecule has 7 nitrogen and oxygen atoms in total. The first kappa shape index (κ1) is 26.0. The van der Waals surface area contributed by atoms with Crippen LogP contribution in [-0.2, 0) is 14.9 Å². The van der Waals surface area contributed by atoms with Crippen LogP contribution < -0.4 is 0 Å². The minimum absolute atomic E-state index is 0.0283. The van der Waals surface area contributed by atoms with Crippen LogP contribution in [0, 0.1) is 5.92 Å². The number of hydrogen-bond acceptors (Lipinski definition) is 6. The highest BCUT2D eigenvalue weighted by Crippen LogP contribution is 2.44. The molecule has 2 saturated heterocycles. The number of halogens is 2. The Hall–Kier alpha value is -1.61. The molecule has 0 spiro atoms. The molecule has 3 atom stereocenters. The van der Waals surface area contributed by atoms with Crippen molar-refractivity contribution >= 4 is 5.91 Å². The lowest BCUT2D eigenvalue weighted by Gasteiger charge is -2.41. The fourth-order valence-corrected chi connectivity index (χ4v) is 6.31. The van der Waals surface area contributed by atoms with Crippen LogP contribution >= 0.6 is 0 Å². The summed E-state index contributed by atoms with van der Waals surface area (Å²) in [7, 11) is 0. The molecular weight excluding hydrogens is 466 g/mol. The molecule has 0 radical (unpaired) electrons. The Balaban J connectivity index is 1.18. The van der Waals surface area contributed by atoms with E-state index in [9.17, 15) is 4.79 Å². The second-order valence-corrected chi connectivity index (χ2v) is 12.2. The van der Waals surface area contributed by atoms with Crippen LogP contribution in [-0.4, -0.2) is 76.2 Å². The highest BCUT2D eigenvalue weighted by molar-refractivity contribution is 5.76. The molecule has 1 aromatic rings. The maximum Gasteiger partial charge on any atom is 0.253 e. The molecule has 2 saturated carbocycles. The van der Waals surface area contributed by atoms with Gasteiger partial charge in [-0.3, -0.25) is 9.69 Å². The maximum atomic E-state index is 15.1. The van der Waals surface area contributed by atoms with Crippen LogP contribution in [0.5, 0.6) is 0 Å². The largest absolute Gasteiger partial charge is 0.373 e. The van der Waals surface area contributed by atoms with Crippen molar-refractivity contribution in [3.63, 3.8) is 0 Å². The molecule has 0 bridgehead atoms. The van der Waals surface area contributed by atoms with Crippen molar-refractivity contribution in [2.45, 2.75) is 120 Å². The molecule has 4 fully saturated rings. The van der Waals surface area contributed by atoms with Gasteiger partial charge in [0.1, 0.15) is 0 Å².